The fourth-order valence-corrected chi connectivity index (χ4v) is 4.44. The second kappa shape index (κ2) is 10.7. The minimum Gasteiger partial charge on any atom is -0.492 e. The summed E-state index contributed by atoms with van der Waals surface area (Å²) in [6, 6.07) is 27.3. The summed E-state index contributed by atoms with van der Waals surface area (Å²) in [6.07, 6.45) is 3.57. The minimum absolute atomic E-state index is 0.740. The van der Waals surface area contributed by atoms with Crippen molar-refractivity contribution in [2.75, 3.05) is 26.2 Å². The lowest BCUT2D eigenvalue weighted by Crippen LogP contribution is -2.25. The molecule has 1 saturated heterocycles. The first-order valence-electron chi connectivity index (χ1n) is 11.2. The van der Waals surface area contributed by atoms with E-state index in [0.717, 1.165) is 30.3 Å². The molecule has 0 aromatic heterocycles. The Morgan fingerprint density at radius 2 is 1.42 bits per heavy atom. The monoisotopic (exact) mass is 431 g/mol. The topological polar surface area (TPSA) is 12.5 Å². The number of halogens is 1. The summed E-state index contributed by atoms with van der Waals surface area (Å²) >= 11 is 6.17. The predicted molar refractivity (Wildman–Crippen MR) is 132 cm³/mol. The van der Waals surface area contributed by atoms with E-state index in [-0.39, 0.29) is 0 Å². The number of nitrogens with zero attached hydrogens (tertiary/aromatic N) is 1. The van der Waals surface area contributed by atoms with Crippen LogP contribution in [0, 0.1) is 0 Å². The molecule has 31 heavy (non-hydrogen) atoms. The highest BCUT2D eigenvalue weighted by molar-refractivity contribution is 6.30. The van der Waals surface area contributed by atoms with Crippen LogP contribution >= 0.6 is 11.6 Å². The molecule has 1 fully saturated rings. The van der Waals surface area contributed by atoms with Crippen LogP contribution in [-0.4, -0.2) is 31.1 Å². The van der Waals surface area contributed by atoms with E-state index in [1.54, 1.807) is 0 Å². The molecule has 0 saturated carbocycles. The van der Waals surface area contributed by atoms with E-state index in [1.165, 1.54) is 53.8 Å². The standard InChI is InChI=1S/C28H30ClNO/c1-2-27(22-8-4-3-5-9-22)28(23-10-14-25(29)15-11-23)24-12-16-26(17-13-24)31-21-20-30-18-6-7-19-30/h3-5,8-17H,2,6-7,18-21H2,1H3/b28-27+. The van der Waals surface area contributed by atoms with Gasteiger partial charge in [-0.15, -0.1) is 0 Å². The molecule has 0 atom stereocenters. The first kappa shape index (κ1) is 21.7. The average Bonchev–Trinajstić information content (AvgIpc) is 3.33. The lowest BCUT2D eigenvalue weighted by atomic mass is 9.88. The van der Waals surface area contributed by atoms with Gasteiger partial charge in [-0.3, -0.25) is 4.90 Å². The summed E-state index contributed by atoms with van der Waals surface area (Å²) in [5.41, 5.74) is 6.18. The minimum atomic E-state index is 0.740. The molecular weight excluding hydrogens is 402 g/mol. The van der Waals surface area contributed by atoms with Crippen molar-refractivity contribution in [3.8, 4) is 5.75 Å². The van der Waals surface area contributed by atoms with E-state index in [0.29, 0.717) is 0 Å². The van der Waals surface area contributed by atoms with Gasteiger partial charge in [-0.05, 0) is 84.5 Å². The summed E-state index contributed by atoms with van der Waals surface area (Å²) in [4.78, 5) is 2.48. The SMILES string of the molecule is CC/C(=C(/c1ccc(Cl)cc1)c1ccc(OCCN2CCCC2)cc1)c1ccccc1. The Balaban J connectivity index is 1.62. The summed E-state index contributed by atoms with van der Waals surface area (Å²) in [6.45, 7) is 6.37. The molecule has 0 aliphatic carbocycles. The van der Waals surface area contributed by atoms with Gasteiger partial charge in [0.05, 0.1) is 0 Å². The van der Waals surface area contributed by atoms with E-state index in [2.05, 4.69) is 78.6 Å². The molecule has 0 amide bonds. The van der Waals surface area contributed by atoms with Gasteiger partial charge in [0.1, 0.15) is 12.4 Å². The summed E-state index contributed by atoms with van der Waals surface area (Å²) < 4.78 is 6.02. The number of allylic oxidation sites excluding steroid dienone is 1. The molecule has 0 radical (unpaired) electrons. The normalized spacial score (nSPS) is 15.0. The maximum atomic E-state index is 6.17. The van der Waals surface area contributed by atoms with E-state index < -0.39 is 0 Å². The molecule has 0 N–H and O–H groups in total. The van der Waals surface area contributed by atoms with Gasteiger partial charge < -0.3 is 4.74 Å². The molecule has 3 aromatic rings. The van der Waals surface area contributed by atoms with Gasteiger partial charge in [0.25, 0.3) is 0 Å². The maximum absolute atomic E-state index is 6.17. The molecule has 1 heterocycles. The Hall–Kier alpha value is -2.55. The highest BCUT2D eigenvalue weighted by atomic mass is 35.5. The van der Waals surface area contributed by atoms with Crippen molar-refractivity contribution >= 4 is 22.7 Å². The number of hydrogen-bond acceptors (Lipinski definition) is 2. The molecule has 0 spiro atoms. The number of hydrogen-bond donors (Lipinski definition) is 0. The highest BCUT2D eigenvalue weighted by Crippen LogP contribution is 2.35. The Bertz CT molecular complexity index is 987. The van der Waals surface area contributed by atoms with Crippen LogP contribution in [0.3, 0.4) is 0 Å². The Kier molecular flexibility index (Phi) is 7.45. The van der Waals surface area contributed by atoms with Gasteiger partial charge in [-0.2, -0.15) is 0 Å². The zero-order chi connectivity index (χ0) is 21.5. The first-order valence-corrected chi connectivity index (χ1v) is 11.6. The largest absolute Gasteiger partial charge is 0.492 e. The van der Waals surface area contributed by atoms with Gasteiger partial charge in [-0.1, -0.05) is 73.1 Å². The van der Waals surface area contributed by atoms with Gasteiger partial charge in [-0.25, -0.2) is 0 Å². The molecule has 0 unspecified atom stereocenters. The number of rotatable bonds is 8. The Morgan fingerprint density at radius 3 is 2.03 bits per heavy atom. The second-order valence-corrected chi connectivity index (χ2v) is 8.44. The lowest BCUT2D eigenvalue weighted by Gasteiger charge is -2.17. The van der Waals surface area contributed by atoms with Crippen LogP contribution in [0.15, 0.2) is 78.9 Å². The molecule has 2 nitrogen and oxygen atoms in total. The fraction of sp³-hybridized carbons (Fsp3) is 0.286. The van der Waals surface area contributed by atoms with Crippen LogP contribution in [0.2, 0.25) is 5.02 Å². The van der Waals surface area contributed by atoms with E-state index in [9.17, 15) is 0 Å². The second-order valence-electron chi connectivity index (χ2n) is 8.00. The van der Waals surface area contributed by atoms with Crippen molar-refractivity contribution in [3.63, 3.8) is 0 Å². The third kappa shape index (κ3) is 5.58. The van der Waals surface area contributed by atoms with Crippen LogP contribution in [-0.2, 0) is 0 Å². The quantitative estimate of drug-likeness (QED) is 0.350. The molecule has 160 valence electrons. The van der Waals surface area contributed by atoms with Crippen LogP contribution in [0.1, 0.15) is 42.9 Å². The number of likely N-dealkylation sites (tertiary alicyclic amines) is 1. The van der Waals surface area contributed by atoms with Gasteiger partial charge in [0.2, 0.25) is 0 Å². The van der Waals surface area contributed by atoms with Crippen LogP contribution in [0.4, 0.5) is 0 Å². The van der Waals surface area contributed by atoms with Crippen molar-refractivity contribution < 1.29 is 4.74 Å². The van der Waals surface area contributed by atoms with Crippen LogP contribution in [0.5, 0.6) is 5.75 Å². The number of benzene rings is 3. The van der Waals surface area contributed by atoms with Gasteiger partial charge in [0.15, 0.2) is 0 Å². The van der Waals surface area contributed by atoms with Crippen molar-refractivity contribution in [2.45, 2.75) is 26.2 Å². The van der Waals surface area contributed by atoms with Gasteiger partial charge >= 0.3 is 0 Å². The van der Waals surface area contributed by atoms with Crippen molar-refractivity contribution in [1.29, 1.82) is 0 Å². The highest BCUT2D eigenvalue weighted by Gasteiger charge is 2.14. The van der Waals surface area contributed by atoms with E-state index >= 15 is 0 Å². The third-order valence-electron chi connectivity index (χ3n) is 5.93. The molecule has 1 aliphatic rings. The first-order chi connectivity index (χ1) is 15.2. The zero-order valence-electron chi connectivity index (χ0n) is 18.2. The summed E-state index contributed by atoms with van der Waals surface area (Å²) in [7, 11) is 0. The van der Waals surface area contributed by atoms with Crippen LogP contribution < -0.4 is 4.74 Å². The van der Waals surface area contributed by atoms with E-state index in [4.69, 9.17) is 16.3 Å². The zero-order valence-corrected chi connectivity index (χ0v) is 18.9. The van der Waals surface area contributed by atoms with Crippen LogP contribution in [0.25, 0.3) is 11.1 Å². The fourth-order valence-electron chi connectivity index (χ4n) is 4.31. The number of ether oxygens (including phenoxy) is 1. The third-order valence-corrected chi connectivity index (χ3v) is 6.18. The lowest BCUT2D eigenvalue weighted by molar-refractivity contribution is 0.238. The summed E-state index contributed by atoms with van der Waals surface area (Å²) in [5, 5.41) is 0.752. The van der Waals surface area contributed by atoms with Crippen molar-refractivity contribution in [1.82, 2.24) is 4.90 Å². The van der Waals surface area contributed by atoms with Gasteiger partial charge in [0, 0.05) is 11.6 Å². The Labute approximate surface area is 191 Å². The maximum Gasteiger partial charge on any atom is 0.119 e. The van der Waals surface area contributed by atoms with Crippen molar-refractivity contribution in [3.05, 3.63) is 101 Å². The molecule has 3 aromatic carbocycles. The smallest absolute Gasteiger partial charge is 0.119 e. The molecule has 1 aliphatic heterocycles. The molecule has 0 bridgehead atoms. The van der Waals surface area contributed by atoms with E-state index in [1.807, 2.05) is 12.1 Å². The summed E-state index contributed by atoms with van der Waals surface area (Å²) in [5.74, 6) is 0.927. The molecule has 4 rings (SSSR count). The van der Waals surface area contributed by atoms with Crippen molar-refractivity contribution in [2.24, 2.45) is 0 Å². The molecule has 3 heteroatoms. The predicted octanol–water partition coefficient (Wildman–Crippen LogP) is 7.18. The Morgan fingerprint density at radius 1 is 0.806 bits per heavy atom. The molecular formula is C28H30ClNO. The average molecular weight is 432 g/mol.